The fourth-order valence-electron chi connectivity index (χ4n) is 2.57. The summed E-state index contributed by atoms with van der Waals surface area (Å²) in [5.41, 5.74) is 3.07. The van der Waals surface area contributed by atoms with Crippen LogP contribution in [0.25, 0.3) is 11.1 Å². The number of aliphatic hydroxyl groups excluding tert-OH is 1. The Labute approximate surface area is 153 Å². The Morgan fingerprint density at radius 2 is 1.38 bits per heavy atom. The zero-order valence-corrected chi connectivity index (χ0v) is 15.1. The third kappa shape index (κ3) is 4.11. The van der Waals surface area contributed by atoms with E-state index < -0.39 is 16.3 Å². The molecule has 0 bridgehead atoms. The van der Waals surface area contributed by atoms with Crippen LogP contribution in [0.15, 0.2) is 83.8 Å². The topological polar surface area (TPSA) is 78.4 Å². The Morgan fingerprint density at radius 3 is 1.96 bits per heavy atom. The predicted molar refractivity (Wildman–Crippen MR) is 103 cm³/mol. The molecule has 3 aromatic carbocycles. The number of benzene rings is 3. The molecular weight excluding hydrogens is 348 g/mol. The molecule has 0 radical (unpaired) electrons. The number of sulfonamides is 1. The average molecular weight is 368 g/mol. The Bertz CT molecular complexity index is 954. The second-order valence-electron chi connectivity index (χ2n) is 5.81. The maximum absolute atomic E-state index is 12.6. The van der Waals surface area contributed by atoms with Crippen molar-refractivity contribution in [1.29, 1.82) is 0 Å². The third-order valence-electron chi connectivity index (χ3n) is 4.02. The summed E-state index contributed by atoms with van der Waals surface area (Å²) in [7, 11) is -2.04. The lowest BCUT2D eigenvalue weighted by Crippen LogP contribution is -2.15. The van der Waals surface area contributed by atoms with Crippen molar-refractivity contribution < 1.29 is 13.5 Å². The lowest BCUT2D eigenvalue weighted by Gasteiger charge is -2.12. The molecule has 26 heavy (non-hydrogen) atoms. The number of nitrogens with one attached hydrogen (secondary N) is 2. The molecule has 0 saturated carbocycles. The summed E-state index contributed by atoms with van der Waals surface area (Å²) in [6.45, 7) is 0. The number of rotatable bonds is 6. The molecule has 0 amide bonds. The first-order valence-corrected chi connectivity index (χ1v) is 9.61. The first-order valence-electron chi connectivity index (χ1n) is 8.13. The van der Waals surface area contributed by atoms with Gasteiger partial charge >= 0.3 is 0 Å². The van der Waals surface area contributed by atoms with Crippen LogP contribution in [-0.2, 0) is 10.0 Å². The highest BCUT2D eigenvalue weighted by Gasteiger charge is 2.14. The van der Waals surface area contributed by atoms with Gasteiger partial charge < -0.3 is 5.11 Å². The number of anilines is 1. The molecule has 0 aliphatic carbocycles. The minimum absolute atomic E-state index is 0.191. The minimum atomic E-state index is -3.68. The van der Waals surface area contributed by atoms with Gasteiger partial charge in [-0.05, 0) is 48.0 Å². The van der Waals surface area contributed by atoms with Crippen molar-refractivity contribution in [3.05, 3.63) is 84.4 Å². The standard InChI is InChI=1S/C20H20N2O3S/c1-21-20(23)17-7-11-18(12-8-17)22-26(24,25)19-13-9-16(10-14-19)15-5-3-2-4-6-15/h2-14,20-23H,1H3. The Hall–Kier alpha value is -2.67. The first-order chi connectivity index (χ1) is 12.5. The molecule has 0 aliphatic rings. The van der Waals surface area contributed by atoms with Gasteiger partial charge in [0, 0.05) is 5.69 Å². The first kappa shape index (κ1) is 18.1. The lowest BCUT2D eigenvalue weighted by atomic mass is 10.1. The Kier molecular flexibility index (Phi) is 5.37. The second kappa shape index (κ2) is 7.70. The molecule has 3 N–H and O–H groups in total. The van der Waals surface area contributed by atoms with Crippen LogP contribution in [0.1, 0.15) is 11.8 Å². The fraction of sp³-hybridized carbons (Fsp3) is 0.100. The van der Waals surface area contributed by atoms with Gasteiger partial charge in [-0.2, -0.15) is 0 Å². The monoisotopic (exact) mass is 368 g/mol. The van der Waals surface area contributed by atoms with Crippen LogP contribution in [0.4, 0.5) is 5.69 Å². The van der Waals surface area contributed by atoms with Crippen LogP contribution in [-0.4, -0.2) is 20.6 Å². The average Bonchev–Trinajstić information content (AvgIpc) is 2.68. The van der Waals surface area contributed by atoms with E-state index in [1.807, 2.05) is 30.3 Å². The molecule has 5 nitrogen and oxygen atoms in total. The van der Waals surface area contributed by atoms with Crippen LogP contribution in [0.3, 0.4) is 0 Å². The van der Waals surface area contributed by atoms with Gasteiger partial charge in [-0.3, -0.25) is 10.0 Å². The van der Waals surface area contributed by atoms with Gasteiger partial charge in [0.1, 0.15) is 6.23 Å². The van der Waals surface area contributed by atoms with Gasteiger partial charge in [0.25, 0.3) is 10.0 Å². The SMILES string of the molecule is CNC(O)c1ccc(NS(=O)(=O)c2ccc(-c3ccccc3)cc2)cc1. The summed E-state index contributed by atoms with van der Waals surface area (Å²) in [4.78, 5) is 0.191. The highest BCUT2D eigenvalue weighted by Crippen LogP contribution is 2.23. The summed E-state index contributed by atoms with van der Waals surface area (Å²) in [6.07, 6.45) is -0.786. The van der Waals surface area contributed by atoms with Crippen molar-refractivity contribution >= 4 is 15.7 Å². The van der Waals surface area contributed by atoms with E-state index in [2.05, 4.69) is 10.0 Å². The highest BCUT2D eigenvalue weighted by molar-refractivity contribution is 7.92. The Balaban J connectivity index is 1.78. The smallest absolute Gasteiger partial charge is 0.261 e. The normalized spacial score (nSPS) is 12.5. The van der Waals surface area contributed by atoms with Crippen LogP contribution in [0, 0.1) is 0 Å². The van der Waals surface area contributed by atoms with Gasteiger partial charge in [-0.15, -0.1) is 0 Å². The van der Waals surface area contributed by atoms with Crippen LogP contribution in [0.2, 0.25) is 0 Å². The molecular formula is C20H20N2O3S. The molecule has 0 saturated heterocycles. The van der Waals surface area contributed by atoms with E-state index in [-0.39, 0.29) is 4.90 Å². The van der Waals surface area contributed by atoms with Crippen LogP contribution >= 0.6 is 0 Å². The third-order valence-corrected chi connectivity index (χ3v) is 5.42. The molecule has 0 spiro atoms. The van der Waals surface area contributed by atoms with Gasteiger partial charge in [0.05, 0.1) is 4.90 Å². The molecule has 3 rings (SSSR count). The van der Waals surface area contributed by atoms with Crippen molar-refractivity contribution in [2.24, 2.45) is 0 Å². The summed E-state index contributed by atoms with van der Waals surface area (Å²) in [5, 5.41) is 12.4. The molecule has 1 atom stereocenters. The Morgan fingerprint density at radius 1 is 0.808 bits per heavy atom. The number of aliphatic hydroxyl groups is 1. The summed E-state index contributed by atoms with van der Waals surface area (Å²) >= 11 is 0. The molecule has 1 unspecified atom stereocenters. The maximum Gasteiger partial charge on any atom is 0.261 e. The number of hydrogen-bond donors (Lipinski definition) is 3. The molecule has 0 aromatic heterocycles. The summed E-state index contributed by atoms with van der Waals surface area (Å²) in [5.74, 6) is 0. The second-order valence-corrected chi connectivity index (χ2v) is 7.49. The van der Waals surface area contributed by atoms with E-state index in [1.165, 1.54) is 0 Å². The van der Waals surface area contributed by atoms with Crippen LogP contribution in [0.5, 0.6) is 0 Å². The maximum atomic E-state index is 12.6. The summed E-state index contributed by atoms with van der Waals surface area (Å²) < 4.78 is 27.7. The molecule has 0 fully saturated rings. The fourth-order valence-corrected chi connectivity index (χ4v) is 3.63. The summed E-state index contributed by atoms with van der Waals surface area (Å²) in [6, 6.07) is 23.1. The van der Waals surface area contributed by atoms with Gasteiger partial charge in [-0.1, -0.05) is 54.6 Å². The van der Waals surface area contributed by atoms with Crippen molar-refractivity contribution in [1.82, 2.24) is 5.32 Å². The van der Waals surface area contributed by atoms with Crippen molar-refractivity contribution in [3.8, 4) is 11.1 Å². The highest BCUT2D eigenvalue weighted by atomic mass is 32.2. The predicted octanol–water partition coefficient (Wildman–Crippen LogP) is 3.36. The van der Waals surface area contributed by atoms with E-state index in [4.69, 9.17) is 0 Å². The quantitative estimate of drug-likeness (QED) is 0.583. The zero-order chi connectivity index (χ0) is 18.6. The zero-order valence-electron chi connectivity index (χ0n) is 14.3. The van der Waals surface area contributed by atoms with Gasteiger partial charge in [0.2, 0.25) is 0 Å². The molecule has 6 heteroatoms. The van der Waals surface area contributed by atoms with E-state index in [0.29, 0.717) is 11.3 Å². The van der Waals surface area contributed by atoms with Crippen LogP contribution < -0.4 is 10.0 Å². The molecule has 0 heterocycles. The molecule has 134 valence electrons. The van der Waals surface area contributed by atoms with Crippen molar-refractivity contribution in [2.75, 3.05) is 11.8 Å². The molecule has 3 aromatic rings. The van der Waals surface area contributed by atoms with E-state index in [9.17, 15) is 13.5 Å². The largest absolute Gasteiger partial charge is 0.374 e. The lowest BCUT2D eigenvalue weighted by molar-refractivity contribution is 0.149. The van der Waals surface area contributed by atoms with Gasteiger partial charge in [-0.25, -0.2) is 8.42 Å². The molecule has 0 aliphatic heterocycles. The van der Waals surface area contributed by atoms with E-state index >= 15 is 0 Å². The number of hydrogen-bond acceptors (Lipinski definition) is 4. The van der Waals surface area contributed by atoms with Crippen molar-refractivity contribution in [2.45, 2.75) is 11.1 Å². The van der Waals surface area contributed by atoms with E-state index in [0.717, 1.165) is 11.1 Å². The minimum Gasteiger partial charge on any atom is -0.374 e. The van der Waals surface area contributed by atoms with Gasteiger partial charge in [0.15, 0.2) is 0 Å². The van der Waals surface area contributed by atoms with E-state index in [1.54, 1.807) is 55.6 Å². The van der Waals surface area contributed by atoms with Crippen molar-refractivity contribution in [3.63, 3.8) is 0 Å².